The Hall–Kier alpha value is -1.46. The van der Waals surface area contributed by atoms with Crippen LogP contribution < -0.4 is 10.5 Å². The van der Waals surface area contributed by atoms with E-state index in [-0.39, 0.29) is 30.5 Å². The first-order chi connectivity index (χ1) is 8.10. The lowest BCUT2D eigenvalue weighted by Crippen LogP contribution is -2.17. The average molecular weight is 276 g/mol. The summed E-state index contributed by atoms with van der Waals surface area (Å²) < 4.78 is 9.77. The van der Waals surface area contributed by atoms with Crippen LogP contribution in [0.4, 0.5) is 0 Å². The number of halogens is 1. The highest BCUT2D eigenvalue weighted by Gasteiger charge is 2.17. The Morgan fingerprint density at radius 2 is 2.17 bits per heavy atom. The van der Waals surface area contributed by atoms with E-state index in [4.69, 9.17) is 15.2 Å². The van der Waals surface area contributed by atoms with Crippen molar-refractivity contribution in [2.75, 3.05) is 13.7 Å². The van der Waals surface area contributed by atoms with E-state index in [1.807, 2.05) is 0 Å². The molecule has 18 heavy (non-hydrogen) atoms. The van der Waals surface area contributed by atoms with Gasteiger partial charge >= 0.3 is 5.97 Å². The summed E-state index contributed by atoms with van der Waals surface area (Å²) in [7, 11) is 1.45. The minimum atomic E-state index is -0.607. The van der Waals surface area contributed by atoms with Gasteiger partial charge in [0.1, 0.15) is 0 Å². The highest BCUT2D eigenvalue weighted by Crippen LogP contribution is 2.33. The summed E-state index contributed by atoms with van der Waals surface area (Å²) in [5.41, 5.74) is 6.30. The second kappa shape index (κ2) is 7.79. The molecular formula is C12H18ClNO4. The second-order valence-corrected chi connectivity index (χ2v) is 3.51. The van der Waals surface area contributed by atoms with Crippen LogP contribution in [0.2, 0.25) is 0 Å². The van der Waals surface area contributed by atoms with Crippen molar-refractivity contribution in [1.82, 2.24) is 0 Å². The zero-order valence-corrected chi connectivity index (χ0v) is 11.2. The van der Waals surface area contributed by atoms with Gasteiger partial charge in [-0.2, -0.15) is 0 Å². The van der Waals surface area contributed by atoms with Gasteiger partial charge in [-0.3, -0.25) is 4.79 Å². The van der Waals surface area contributed by atoms with Crippen LogP contribution in [0.15, 0.2) is 18.2 Å². The van der Waals surface area contributed by atoms with Gasteiger partial charge < -0.3 is 20.3 Å². The first-order valence-electron chi connectivity index (χ1n) is 5.37. The van der Waals surface area contributed by atoms with Crippen LogP contribution in [0.1, 0.15) is 24.9 Å². The fourth-order valence-corrected chi connectivity index (χ4v) is 1.51. The molecule has 3 N–H and O–H groups in total. The summed E-state index contributed by atoms with van der Waals surface area (Å²) in [5, 5.41) is 9.84. The third-order valence-corrected chi connectivity index (χ3v) is 2.34. The average Bonchev–Trinajstić information content (AvgIpc) is 2.29. The van der Waals surface area contributed by atoms with Crippen molar-refractivity contribution in [2.45, 2.75) is 19.4 Å². The number of carbonyl (C=O) groups is 1. The monoisotopic (exact) mass is 275 g/mol. The van der Waals surface area contributed by atoms with Crippen molar-refractivity contribution in [3.63, 3.8) is 0 Å². The molecule has 0 aliphatic carbocycles. The van der Waals surface area contributed by atoms with Gasteiger partial charge in [0.15, 0.2) is 11.5 Å². The Morgan fingerprint density at radius 1 is 1.50 bits per heavy atom. The van der Waals surface area contributed by atoms with E-state index < -0.39 is 6.04 Å². The van der Waals surface area contributed by atoms with Crippen molar-refractivity contribution < 1.29 is 19.4 Å². The summed E-state index contributed by atoms with van der Waals surface area (Å²) in [6, 6.07) is 4.38. The van der Waals surface area contributed by atoms with E-state index in [1.54, 1.807) is 25.1 Å². The Kier molecular flexibility index (Phi) is 7.16. The summed E-state index contributed by atoms with van der Waals surface area (Å²) in [6.07, 6.45) is 0.0224. The Morgan fingerprint density at radius 3 is 2.72 bits per heavy atom. The molecule has 0 aliphatic heterocycles. The lowest BCUT2D eigenvalue weighted by atomic mass is 10.0. The number of hydrogen-bond donors (Lipinski definition) is 2. The molecule has 0 spiro atoms. The molecule has 0 saturated heterocycles. The Balaban J connectivity index is 0.00000289. The molecule has 1 aromatic rings. The molecule has 0 aliphatic rings. The largest absolute Gasteiger partial charge is 0.504 e. The molecule has 0 amide bonds. The van der Waals surface area contributed by atoms with E-state index in [9.17, 15) is 9.90 Å². The smallest absolute Gasteiger partial charge is 0.307 e. The molecule has 1 rings (SSSR count). The zero-order chi connectivity index (χ0) is 12.8. The van der Waals surface area contributed by atoms with E-state index >= 15 is 0 Å². The number of aromatic hydroxyl groups is 1. The fourth-order valence-electron chi connectivity index (χ4n) is 1.51. The van der Waals surface area contributed by atoms with Crippen molar-refractivity contribution in [3.8, 4) is 11.5 Å². The molecule has 1 atom stereocenters. The number of phenols is 1. The topological polar surface area (TPSA) is 81.8 Å². The van der Waals surface area contributed by atoms with Gasteiger partial charge in [0.25, 0.3) is 0 Å². The van der Waals surface area contributed by atoms with Crippen LogP contribution in [-0.4, -0.2) is 24.8 Å². The molecule has 5 nitrogen and oxygen atoms in total. The molecule has 0 aromatic heterocycles. The molecule has 6 heteroatoms. The first kappa shape index (κ1) is 16.5. The zero-order valence-electron chi connectivity index (χ0n) is 10.4. The maximum Gasteiger partial charge on any atom is 0.307 e. The number of para-hydroxylation sites is 1. The molecule has 0 saturated carbocycles. The highest BCUT2D eigenvalue weighted by molar-refractivity contribution is 5.85. The van der Waals surface area contributed by atoms with Crippen LogP contribution in [0.5, 0.6) is 11.5 Å². The minimum Gasteiger partial charge on any atom is -0.504 e. The summed E-state index contributed by atoms with van der Waals surface area (Å²) in [4.78, 5) is 11.3. The number of phenolic OH excluding ortho intramolecular Hbond substituents is 1. The minimum absolute atomic E-state index is 0. The van der Waals surface area contributed by atoms with Gasteiger partial charge in [0, 0.05) is 11.6 Å². The first-order valence-corrected chi connectivity index (χ1v) is 5.37. The van der Waals surface area contributed by atoms with Crippen LogP contribution in [0.25, 0.3) is 0 Å². The molecule has 102 valence electrons. The van der Waals surface area contributed by atoms with Crippen molar-refractivity contribution in [1.29, 1.82) is 0 Å². The fraction of sp³-hybridized carbons (Fsp3) is 0.417. The predicted octanol–water partition coefficient (Wildman–Crippen LogP) is 1.78. The number of carbonyl (C=O) groups excluding carboxylic acids is 1. The Labute approximate surface area is 112 Å². The molecule has 0 radical (unpaired) electrons. The Bertz CT molecular complexity index is 398. The number of ether oxygens (including phenoxy) is 2. The van der Waals surface area contributed by atoms with E-state index in [0.29, 0.717) is 17.9 Å². The van der Waals surface area contributed by atoms with E-state index in [0.717, 1.165) is 0 Å². The van der Waals surface area contributed by atoms with E-state index in [1.165, 1.54) is 7.11 Å². The van der Waals surface area contributed by atoms with Crippen molar-refractivity contribution >= 4 is 18.4 Å². The summed E-state index contributed by atoms with van der Waals surface area (Å²) >= 11 is 0. The quantitative estimate of drug-likeness (QED) is 0.801. The molecule has 0 fully saturated rings. The van der Waals surface area contributed by atoms with Gasteiger partial charge in [-0.25, -0.2) is 0 Å². The molecular weight excluding hydrogens is 258 g/mol. The van der Waals surface area contributed by atoms with Gasteiger partial charge in [-0.05, 0) is 13.0 Å². The number of methoxy groups -OCH3 is 1. The third-order valence-electron chi connectivity index (χ3n) is 2.34. The van der Waals surface area contributed by atoms with Crippen LogP contribution in [0.3, 0.4) is 0 Å². The molecule has 0 unspecified atom stereocenters. The SMILES string of the molecule is CCOC(=O)C[C@@H](N)c1cccc(OC)c1O.Cl. The maximum absolute atomic E-state index is 11.3. The lowest BCUT2D eigenvalue weighted by molar-refractivity contribution is -0.143. The predicted molar refractivity (Wildman–Crippen MR) is 70.1 cm³/mol. The van der Waals surface area contributed by atoms with Gasteiger partial charge in [-0.1, -0.05) is 12.1 Å². The van der Waals surface area contributed by atoms with Crippen LogP contribution >= 0.6 is 12.4 Å². The third kappa shape index (κ3) is 4.09. The number of hydrogen-bond acceptors (Lipinski definition) is 5. The summed E-state index contributed by atoms with van der Waals surface area (Å²) in [5.74, 6) is -0.0872. The second-order valence-electron chi connectivity index (χ2n) is 3.51. The number of esters is 1. The molecule has 1 aromatic carbocycles. The van der Waals surface area contributed by atoms with Crippen molar-refractivity contribution in [3.05, 3.63) is 23.8 Å². The maximum atomic E-state index is 11.3. The molecule has 0 bridgehead atoms. The number of nitrogens with two attached hydrogens (primary N) is 1. The van der Waals surface area contributed by atoms with Crippen molar-refractivity contribution in [2.24, 2.45) is 5.73 Å². The number of rotatable bonds is 5. The highest BCUT2D eigenvalue weighted by atomic mass is 35.5. The van der Waals surface area contributed by atoms with Crippen LogP contribution in [-0.2, 0) is 9.53 Å². The van der Waals surface area contributed by atoms with Gasteiger partial charge in [0.05, 0.1) is 20.1 Å². The summed E-state index contributed by atoms with van der Waals surface area (Å²) in [6.45, 7) is 2.04. The lowest BCUT2D eigenvalue weighted by Gasteiger charge is -2.14. The number of benzene rings is 1. The standard InChI is InChI=1S/C12H17NO4.ClH/c1-3-17-11(14)7-9(13)8-5-4-6-10(16-2)12(8)15;/h4-6,9,15H,3,7,13H2,1-2H3;1H/t9-;/m1./s1. The van der Waals surface area contributed by atoms with Crippen LogP contribution in [0, 0.1) is 0 Å². The van der Waals surface area contributed by atoms with Gasteiger partial charge in [-0.15, -0.1) is 12.4 Å². The van der Waals surface area contributed by atoms with Gasteiger partial charge in [0.2, 0.25) is 0 Å². The molecule has 0 heterocycles. The van der Waals surface area contributed by atoms with E-state index in [2.05, 4.69) is 0 Å². The normalized spacial score (nSPS) is 11.3.